The average molecular weight is 343 g/mol. The molecule has 0 saturated heterocycles. The Morgan fingerprint density at radius 1 is 1.08 bits per heavy atom. The van der Waals surface area contributed by atoms with E-state index in [4.69, 9.17) is 9.47 Å². The number of rotatable bonds is 5. The topological polar surface area (TPSA) is 109 Å². The first-order valence-corrected chi connectivity index (χ1v) is 7.19. The molecule has 8 nitrogen and oxygen atoms in total. The average Bonchev–Trinajstić information content (AvgIpc) is 2.62. The van der Waals surface area contributed by atoms with Crippen LogP contribution in [-0.4, -0.2) is 37.4 Å². The van der Waals surface area contributed by atoms with Crippen molar-refractivity contribution in [2.75, 3.05) is 19.5 Å². The number of carbonyl (C=O) groups excluding carboxylic acids is 2. The molecule has 3 N–H and O–H groups in total. The van der Waals surface area contributed by atoms with Crippen molar-refractivity contribution in [3.8, 4) is 17.2 Å². The van der Waals surface area contributed by atoms with Gasteiger partial charge in [0.05, 0.1) is 26.1 Å². The minimum absolute atomic E-state index is 0.0691. The van der Waals surface area contributed by atoms with Crippen LogP contribution in [0.25, 0.3) is 0 Å². The van der Waals surface area contributed by atoms with Crippen molar-refractivity contribution < 1.29 is 24.2 Å². The summed E-state index contributed by atoms with van der Waals surface area (Å²) in [4.78, 5) is 23.7. The van der Waals surface area contributed by atoms with E-state index in [1.54, 1.807) is 30.3 Å². The lowest BCUT2D eigenvalue weighted by molar-refractivity contribution is -0.136. The fourth-order valence-corrected chi connectivity index (χ4v) is 1.90. The minimum atomic E-state index is -0.950. The number of hydrogen-bond donors (Lipinski definition) is 3. The van der Waals surface area contributed by atoms with Crippen LogP contribution in [0.15, 0.2) is 47.6 Å². The van der Waals surface area contributed by atoms with Crippen LogP contribution in [0, 0.1) is 0 Å². The number of hydrazone groups is 1. The maximum Gasteiger partial charge on any atom is 0.329 e. The maximum atomic E-state index is 11.9. The van der Waals surface area contributed by atoms with Crippen molar-refractivity contribution in [3.63, 3.8) is 0 Å². The lowest BCUT2D eigenvalue weighted by atomic mass is 10.2. The van der Waals surface area contributed by atoms with Crippen LogP contribution in [0.3, 0.4) is 0 Å². The molecule has 0 bridgehead atoms. The molecular formula is C17H17N3O5. The van der Waals surface area contributed by atoms with Gasteiger partial charge in [-0.1, -0.05) is 12.1 Å². The Morgan fingerprint density at radius 2 is 1.88 bits per heavy atom. The Bertz CT molecular complexity index is 805. The summed E-state index contributed by atoms with van der Waals surface area (Å²) in [6.45, 7) is 0. The van der Waals surface area contributed by atoms with Gasteiger partial charge in [-0.05, 0) is 29.8 Å². The quantitative estimate of drug-likeness (QED) is 0.433. The highest BCUT2D eigenvalue weighted by Gasteiger charge is 2.15. The molecule has 25 heavy (non-hydrogen) atoms. The van der Waals surface area contributed by atoms with Crippen molar-refractivity contribution in [2.24, 2.45) is 5.10 Å². The largest absolute Gasteiger partial charge is 0.508 e. The first-order chi connectivity index (χ1) is 12.0. The Hall–Kier alpha value is -3.55. The molecule has 8 heteroatoms. The van der Waals surface area contributed by atoms with Crippen molar-refractivity contribution >= 4 is 23.7 Å². The standard InChI is InChI=1S/C17H17N3O5/c1-24-13-6-7-14(15(9-13)25-2)19-16(22)17(23)20-18-10-11-4-3-5-12(21)8-11/h3-10,21H,1-2H3,(H,19,22)(H,20,23). The summed E-state index contributed by atoms with van der Waals surface area (Å²) in [5.41, 5.74) is 2.99. The molecule has 130 valence electrons. The summed E-state index contributed by atoms with van der Waals surface area (Å²) in [6, 6.07) is 11.0. The number of benzene rings is 2. The zero-order chi connectivity index (χ0) is 18.2. The van der Waals surface area contributed by atoms with E-state index < -0.39 is 11.8 Å². The van der Waals surface area contributed by atoms with Gasteiger partial charge in [0.1, 0.15) is 17.2 Å². The molecule has 0 aliphatic rings. The first-order valence-electron chi connectivity index (χ1n) is 7.19. The number of anilines is 1. The second kappa shape index (κ2) is 8.34. The molecule has 0 fully saturated rings. The number of amides is 2. The summed E-state index contributed by atoms with van der Waals surface area (Å²) in [5.74, 6) is -0.885. The highest BCUT2D eigenvalue weighted by atomic mass is 16.5. The third-order valence-corrected chi connectivity index (χ3v) is 3.11. The Labute approximate surface area is 144 Å². The van der Waals surface area contributed by atoms with E-state index in [2.05, 4.69) is 15.8 Å². The van der Waals surface area contributed by atoms with Crippen molar-refractivity contribution in [2.45, 2.75) is 0 Å². The molecule has 0 heterocycles. The molecule has 0 radical (unpaired) electrons. The molecule has 2 amide bonds. The van der Waals surface area contributed by atoms with Crippen LogP contribution in [-0.2, 0) is 9.59 Å². The van der Waals surface area contributed by atoms with Crippen LogP contribution in [0.2, 0.25) is 0 Å². The summed E-state index contributed by atoms with van der Waals surface area (Å²) < 4.78 is 10.2. The number of hydrogen-bond acceptors (Lipinski definition) is 6. The molecule has 0 spiro atoms. The van der Waals surface area contributed by atoms with E-state index in [1.807, 2.05) is 0 Å². The number of nitrogens with zero attached hydrogens (tertiary/aromatic N) is 1. The highest BCUT2D eigenvalue weighted by Crippen LogP contribution is 2.28. The normalized spacial score (nSPS) is 10.3. The second-order valence-corrected chi connectivity index (χ2v) is 4.81. The molecular weight excluding hydrogens is 326 g/mol. The second-order valence-electron chi connectivity index (χ2n) is 4.81. The zero-order valence-electron chi connectivity index (χ0n) is 13.6. The molecule has 2 aromatic carbocycles. The van der Waals surface area contributed by atoms with Gasteiger partial charge in [0.2, 0.25) is 0 Å². The lowest BCUT2D eigenvalue weighted by Crippen LogP contribution is -2.32. The van der Waals surface area contributed by atoms with Gasteiger partial charge in [-0.2, -0.15) is 5.10 Å². The van der Waals surface area contributed by atoms with Crippen LogP contribution >= 0.6 is 0 Å². The van der Waals surface area contributed by atoms with Crippen molar-refractivity contribution in [3.05, 3.63) is 48.0 Å². The fraction of sp³-hybridized carbons (Fsp3) is 0.118. The third kappa shape index (κ3) is 4.96. The number of carbonyl (C=O) groups is 2. The number of phenols is 1. The van der Waals surface area contributed by atoms with E-state index >= 15 is 0 Å². The van der Waals surface area contributed by atoms with Gasteiger partial charge >= 0.3 is 11.8 Å². The summed E-state index contributed by atoms with van der Waals surface area (Å²) in [5, 5.41) is 15.4. The van der Waals surface area contributed by atoms with Crippen molar-refractivity contribution in [1.82, 2.24) is 5.43 Å². The van der Waals surface area contributed by atoms with Crippen LogP contribution in [0.4, 0.5) is 5.69 Å². The van der Waals surface area contributed by atoms with Gasteiger partial charge < -0.3 is 19.9 Å². The summed E-state index contributed by atoms with van der Waals surface area (Å²) in [6.07, 6.45) is 1.30. The Morgan fingerprint density at radius 3 is 2.56 bits per heavy atom. The van der Waals surface area contributed by atoms with Gasteiger partial charge in [-0.25, -0.2) is 5.43 Å². The number of phenolic OH excluding ortho intramolecular Hbond substituents is 1. The van der Waals surface area contributed by atoms with Crippen LogP contribution in [0.1, 0.15) is 5.56 Å². The number of nitrogens with one attached hydrogen (secondary N) is 2. The molecule has 0 atom stereocenters. The van der Waals surface area contributed by atoms with Crippen molar-refractivity contribution in [1.29, 1.82) is 0 Å². The van der Waals surface area contributed by atoms with E-state index in [9.17, 15) is 14.7 Å². The number of methoxy groups -OCH3 is 2. The zero-order valence-corrected chi connectivity index (χ0v) is 13.6. The first kappa shape index (κ1) is 17.8. The highest BCUT2D eigenvalue weighted by molar-refractivity contribution is 6.39. The van der Waals surface area contributed by atoms with Gasteiger partial charge in [0.15, 0.2) is 0 Å². The molecule has 0 aliphatic carbocycles. The van der Waals surface area contributed by atoms with Crippen LogP contribution < -0.4 is 20.2 Å². The van der Waals surface area contributed by atoms with E-state index in [1.165, 1.54) is 32.6 Å². The molecule has 0 aliphatic heterocycles. The van der Waals surface area contributed by atoms with Crippen LogP contribution in [0.5, 0.6) is 17.2 Å². The lowest BCUT2D eigenvalue weighted by Gasteiger charge is -2.10. The van der Waals surface area contributed by atoms with Gasteiger partial charge in [0, 0.05) is 6.07 Å². The van der Waals surface area contributed by atoms with E-state index in [-0.39, 0.29) is 5.75 Å². The third-order valence-electron chi connectivity index (χ3n) is 3.11. The number of aromatic hydroxyl groups is 1. The molecule has 2 rings (SSSR count). The van der Waals surface area contributed by atoms with Gasteiger partial charge in [-0.3, -0.25) is 9.59 Å². The predicted octanol–water partition coefficient (Wildman–Crippen LogP) is 1.50. The predicted molar refractivity (Wildman–Crippen MR) is 92.0 cm³/mol. The smallest absolute Gasteiger partial charge is 0.329 e. The van der Waals surface area contributed by atoms with Gasteiger partial charge in [0.25, 0.3) is 0 Å². The molecule has 0 saturated carbocycles. The fourth-order valence-electron chi connectivity index (χ4n) is 1.90. The SMILES string of the molecule is COc1ccc(NC(=O)C(=O)NN=Cc2cccc(O)c2)c(OC)c1. The van der Waals surface area contributed by atoms with E-state index in [0.717, 1.165) is 0 Å². The Kier molecular flexibility index (Phi) is 5.94. The van der Waals surface area contributed by atoms with Gasteiger partial charge in [-0.15, -0.1) is 0 Å². The summed E-state index contributed by atoms with van der Waals surface area (Å²) in [7, 11) is 2.94. The summed E-state index contributed by atoms with van der Waals surface area (Å²) >= 11 is 0. The minimum Gasteiger partial charge on any atom is -0.508 e. The van der Waals surface area contributed by atoms with E-state index in [0.29, 0.717) is 22.7 Å². The molecule has 0 aromatic heterocycles. The molecule has 0 unspecified atom stereocenters. The monoisotopic (exact) mass is 343 g/mol. The maximum absolute atomic E-state index is 11.9. The number of ether oxygens (including phenoxy) is 2. The molecule has 2 aromatic rings. The Balaban J connectivity index is 1.97.